The number of benzene rings is 1. The summed E-state index contributed by atoms with van der Waals surface area (Å²) < 4.78 is 11.4. The second-order valence-electron chi connectivity index (χ2n) is 6.85. The van der Waals surface area contributed by atoms with Crippen LogP contribution in [-0.2, 0) is 16.6 Å². The van der Waals surface area contributed by atoms with Crippen LogP contribution in [0, 0.1) is 11.8 Å². The van der Waals surface area contributed by atoms with Gasteiger partial charge in [0.2, 0.25) is 0 Å². The maximum atomic E-state index is 10.8. The van der Waals surface area contributed by atoms with Crippen LogP contribution in [0.15, 0.2) is 33.6 Å². The van der Waals surface area contributed by atoms with Gasteiger partial charge in [0, 0.05) is 16.0 Å². The molecule has 2 heterocycles. The predicted molar refractivity (Wildman–Crippen MR) is 102 cm³/mol. The molecule has 5 heteroatoms. The molecule has 4 nitrogen and oxygen atoms in total. The number of furan rings is 1. The van der Waals surface area contributed by atoms with Gasteiger partial charge in [0.25, 0.3) is 0 Å². The molecule has 0 spiro atoms. The van der Waals surface area contributed by atoms with Gasteiger partial charge in [-0.15, -0.1) is 11.8 Å². The van der Waals surface area contributed by atoms with Gasteiger partial charge in [-0.3, -0.25) is 4.79 Å². The van der Waals surface area contributed by atoms with E-state index in [1.807, 2.05) is 0 Å². The average molecular weight is 370 g/mol. The first-order valence-electron chi connectivity index (χ1n) is 8.65. The summed E-state index contributed by atoms with van der Waals surface area (Å²) >= 11 is 1.73. The SMILES string of the molecule is CCSc1cc2c(cc1C#Cc1ccc(CC(=O)O)o1)C(C)(C)CCO2. The summed E-state index contributed by atoms with van der Waals surface area (Å²) in [4.78, 5) is 11.9. The third-order valence-corrected chi connectivity index (χ3v) is 5.34. The van der Waals surface area contributed by atoms with Gasteiger partial charge in [-0.1, -0.05) is 26.7 Å². The highest BCUT2D eigenvalue weighted by molar-refractivity contribution is 7.99. The quantitative estimate of drug-likeness (QED) is 0.635. The van der Waals surface area contributed by atoms with Gasteiger partial charge in [0.15, 0.2) is 5.76 Å². The molecular formula is C21H22O4S. The molecule has 3 rings (SSSR count). The molecule has 1 aromatic heterocycles. The summed E-state index contributed by atoms with van der Waals surface area (Å²) in [5, 5.41) is 8.83. The third kappa shape index (κ3) is 4.08. The van der Waals surface area contributed by atoms with Gasteiger partial charge >= 0.3 is 5.97 Å². The number of carboxylic acids is 1. The van der Waals surface area contributed by atoms with Gasteiger partial charge < -0.3 is 14.3 Å². The Hall–Kier alpha value is -2.32. The molecule has 26 heavy (non-hydrogen) atoms. The summed E-state index contributed by atoms with van der Waals surface area (Å²) in [6.07, 6.45) is 0.840. The lowest BCUT2D eigenvalue weighted by Gasteiger charge is -2.33. The van der Waals surface area contributed by atoms with Crippen molar-refractivity contribution in [2.24, 2.45) is 0 Å². The molecule has 0 fully saturated rings. The Kier molecular flexibility index (Phi) is 5.33. The van der Waals surface area contributed by atoms with Crippen molar-refractivity contribution in [1.82, 2.24) is 0 Å². The number of ether oxygens (including phenoxy) is 1. The lowest BCUT2D eigenvalue weighted by molar-refractivity contribution is -0.136. The molecule has 1 aromatic carbocycles. The van der Waals surface area contributed by atoms with Gasteiger partial charge in [-0.05, 0) is 47.8 Å². The Morgan fingerprint density at radius 2 is 2.12 bits per heavy atom. The highest BCUT2D eigenvalue weighted by atomic mass is 32.2. The molecule has 1 N–H and O–H groups in total. The Balaban J connectivity index is 1.96. The first-order valence-corrected chi connectivity index (χ1v) is 9.64. The summed E-state index contributed by atoms with van der Waals surface area (Å²) in [6, 6.07) is 7.58. The van der Waals surface area contributed by atoms with Gasteiger partial charge in [0.05, 0.1) is 6.61 Å². The van der Waals surface area contributed by atoms with Crippen LogP contribution in [0.4, 0.5) is 0 Å². The number of aliphatic carboxylic acids is 1. The second kappa shape index (κ2) is 7.51. The monoisotopic (exact) mass is 370 g/mol. The summed E-state index contributed by atoms with van der Waals surface area (Å²) in [5.74, 6) is 8.08. The van der Waals surface area contributed by atoms with Gasteiger partial charge in [-0.2, -0.15) is 0 Å². The van der Waals surface area contributed by atoms with Crippen LogP contribution in [0.5, 0.6) is 5.75 Å². The Labute approximate surface area is 157 Å². The molecule has 0 saturated heterocycles. The number of rotatable bonds is 4. The molecule has 0 radical (unpaired) electrons. The molecule has 1 aliphatic rings. The minimum Gasteiger partial charge on any atom is -0.493 e. The maximum absolute atomic E-state index is 10.8. The van der Waals surface area contributed by atoms with Crippen molar-refractivity contribution in [3.8, 4) is 17.6 Å². The Bertz CT molecular complexity index is 883. The maximum Gasteiger partial charge on any atom is 0.311 e. The van der Waals surface area contributed by atoms with Crippen molar-refractivity contribution < 1.29 is 19.1 Å². The number of carboxylic acid groups (broad SMARTS) is 1. The molecular weight excluding hydrogens is 348 g/mol. The van der Waals surface area contributed by atoms with Crippen molar-refractivity contribution >= 4 is 17.7 Å². The zero-order chi connectivity index (χ0) is 18.7. The Morgan fingerprint density at radius 1 is 1.31 bits per heavy atom. The topological polar surface area (TPSA) is 59.7 Å². The summed E-state index contributed by atoms with van der Waals surface area (Å²) in [6.45, 7) is 7.29. The number of hydrogen-bond acceptors (Lipinski definition) is 4. The Morgan fingerprint density at radius 3 is 2.85 bits per heavy atom. The molecule has 0 aliphatic carbocycles. The largest absolute Gasteiger partial charge is 0.493 e. The fourth-order valence-corrected chi connectivity index (χ4v) is 3.72. The second-order valence-corrected chi connectivity index (χ2v) is 8.15. The summed E-state index contributed by atoms with van der Waals surface area (Å²) in [5.41, 5.74) is 2.18. The molecule has 1 aliphatic heterocycles. The van der Waals surface area contributed by atoms with Crippen molar-refractivity contribution in [1.29, 1.82) is 0 Å². The van der Waals surface area contributed by atoms with E-state index in [9.17, 15) is 4.79 Å². The fraction of sp³-hybridized carbons (Fsp3) is 0.381. The van der Waals surface area contributed by atoms with Crippen LogP contribution in [0.3, 0.4) is 0 Å². The molecule has 0 amide bonds. The predicted octanol–water partition coefficient (Wildman–Crippen LogP) is 4.48. The highest BCUT2D eigenvalue weighted by Gasteiger charge is 2.29. The van der Waals surface area contributed by atoms with Gasteiger partial charge in [0.1, 0.15) is 17.9 Å². The third-order valence-electron chi connectivity index (χ3n) is 4.40. The normalized spacial score (nSPS) is 14.7. The average Bonchev–Trinajstić information content (AvgIpc) is 3.00. The van der Waals surface area contributed by atoms with Crippen molar-refractivity contribution in [2.45, 2.75) is 43.9 Å². The minimum atomic E-state index is -0.919. The van der Waals surface area contributed by atoms with Crippen LogP contribution in [0.25, 0.3) is 0 Å². The van der Waals surface area contributed by atoms with E-state index in [0.29, 0.717) is 11.5 Å². The first kappa shape index (κ1) is 18.5. The highest BCUT2D eigenvalue weighted by Crippen LogP contribution is 2.41. The van der Waals surface area contributed by atoms with E-state index in [4.69, 9.17) is 14.3 Å². The number of fused-ring (bicyclic) bond motifs is 1. The van der Waals surface area contributed by atoms with Crippen LogP contribution in [0.1, 0.15) is 49.8 Å². The lowest BCUT2D eigenvalue weighted by Crippen LogP contribution is -2.26. The van der Waals surface area contributed by atoms with E-state index in [-0.39, 0.29) is 11.8 Å². The number of hydrogen-bond donors (Lipinski definition) is 1. The van der Waals surface area contributed by atoms with Crippen LogP contribution < -0.4 is 4.74 Å². The molecule has 0 bridgehead atoms. The zero-order valence-corrected chi connectivity index (χ0v) is 16.0. The molecule has 0 atom stereocenters. The van der Waals surface area contributed by atoms with Crippen LogP contribution in [-0.4, -0.2) is 23.4 Å². The molecule has 0 saturated carbocycles. The van der Waals surface area contributed by atoms with Crippen molar-refractivity contribution in [2.75, 3.05) is 12.4 Å². The summed E-state index contributed by atoms with van der Waals surface area (Å²) in [7, 11) is 0. The lowest BCUT2D eigenvalue weighted by atomic mass is 9.79. The standard InChI is InChI=1S/C21H22O4S/c1-4-26-19-13-18-17(21(2,3)9-10-24-18)11-14(19)5-6-15-7-8-16(25-15)12-20(22)23/h7-8,11,13H,4,9-10,12H2,1-3H3,(H,22,23). The van der Waals surface area contributed by atoms with E-state index >= 15 is 0 Å². The number of carbonyl (C=O) groups is 1. The van der Waals surface area contributed by atoms with Crippen LogP contribution in [0.2, 0.25) is 0 Å². The van der Waals surface area contributed by atoms with E-state index in [1.165, 1.54) is 5.56 Å². The zero-order valence-electron chi connectivity index (χ0n) is 15.2. The molecule has 136 valence electrons. The fourth-order valence-electron chi connectivity index (χ4n) is 2.95. The minimum absolute atomic E-state index is 0.0543. The molecule has 2 aromatic rings. The first-order chi connectivity index (χ1) is 12.4. The van der Waals surface area contributed by atoms with E-state index in [0.717, 1.165) is 35.0 Å². The van der Waals surface area contributed by atoms with Gasteiger partial charge in [-0.25, -0.2) is 0 Å². The van der Waals surface area contributed by atoms with E-state index < -0.39 is 5.97 Å². The van der Waals surface area contributed by atoms with Crippen molar-refractivity contribution in [3.63, 3.8) is 0 Å². The smallest absolute Gasteiger partial charge is 0.311 e. The van der Waals surface area contributed by atoms with E-state index in [1.54, 1.807) is 23.9 Å². The van der Waals surface area contributed by atoms with E-state index in [2.05, 4.69) is 44.7 Å². The number of thioether (sulfide) groups is 1. The molecule has 0 unspecified atom stereocenters. The van der Waals surface area contributed by atoms with Crippen molar-refractivity contribution in [3.05, 3.63) is 46.9 Å². The van der Waals surface area contributed by atoms with Crippen LogP contribution >= 0.6 is 11.8 Å².